The lowest BCUT2D eigenvalue weighted by Gasteiger charge is -2.57. The number of carbonyl (C=O) groups is 1. The van der Waals surface area contributed by atoms with Gasteiger partial charge in [-0.3, -0.25) is 0 Å². The number of aromatic nitrogens is 2. The molecular formula is C27H28N2O3. The van der Waals surface area contributed by atoms with Crippen LogP contribution < -0.4 is 4.74 Å². The van der Waals surface area contributed by atoms with Crippen LogP contribution in [0.3, 0.4) is 0 Å². The fraction of sp³-hybridized carbons (Fsp3) is 0.407. The van der Waals surface area contributed by atoms with E-state index in [1.54, 1.807) is 19.2 Å². The molecule has 0 unspecified atom stereocenters. The van der Waals surface area contributed by atoms with Gasteiger partial charge in [0.15, 0.2) is 0 Å². The Balaban J connectivity index is 1.35. The van der Waals surface area contributed by atoms with Gasteiger partial charge >= 0.3 is 5.97 Å². The van der Waals surface area contributed by atoms with Crippen LogP contribution in [0.5, 0.6) is 5.75 Å². The molecule has 0 radical (unpaired) electrons. The Morgan fingerprint density at radius 3 is 2.28 bits per heavy atom. The highest BCUT2D eigenvalue weighted by atomic mass is 16.5. The average Bonchev–Trinajstić information content (AvgIpc) is 3.28. The van der Waals surface area contributed by atoms with E-state index < -0.39 is 5.97 Å². The van der Waals surface area contributed by atoms with Crippen molar-refractivity contribution in [2.75, 3.05) is 7.11 Å². The molecule has 3 aromatic rings. The Bertz CT molecular complexity index is 1140. The number of hydrogen-bond acceptors (Lipinski definition) is 3. The summed E-state index contributed by atoms with van der Waals surface area (Å²) in [4.78, 5) is 15.7. The molecule has 164 valence electrons. The number of carboxylic acids is 1. The summed E-state index contributed by atoms with van der Waals surface area (Å²) in [5.74, 6) is 2.73. The molecule has 4 bridgehead atoms. The van der Waals surface area contributed by atoms with Crippen molar-refractivity contribution in [1.29, 1.82) is 0 Å². The molecule has 1 heterocycles. The normalized spacial score (nSPS) is 28.1. The Kier molecular flexibility index (Phi) is 4.42. The largest absolute Gasteiger partial charge is 0.496 e. The highest BCUT2D eigenvalue weighted by Crippen LogP contribution is 2.62. The first kappa shape index (κ1) is 19.6. The maximum absolute atomic E-state index is 11.1. The predicted octanol–water partition coefficient (Wildman–Crippen LogP) is 5.71. The maximum atomic E-state index is 11.1. The molecule has 4 saturated carbocycles. The second-order valence-electron chi connectivity index (χ2n) is 10.1. The molecule has 7 rings (SSSR count). The van der Waals surface area contributed by atoms with Gasteiger partial charge < -0.3 is 14.4 Å². The van der Waals surface area contributed by atoms with Crippen LogP contribution >= 0.6 is 0 Å². The van der Waals surface area contributed by atoms with Crippen LogP contribution in [0, 0.1) is 17.8 Å². The van der Waals surface area contributed by atoms with Crippen LogP contribution in [0.4, 0.5) is 0 Å². The minimum atomic E-state index is -0.919. The highest BCUT2D eigenvalue weighted by molar-refractivity contribution is 5.88. The second-order valence-corrected chi connectivity index (χ2v) is 10.1. The molecule has 2 aromatic carbocycles. The summed E-state index contributed by atoms with van der Waals surface area (Å²) in [5, 5.41) is 9.13. The van der Waals surface area contributed by atoms with Gasteiger partial charge in [0.25, 0.3) is 0 Å². The molecule has 0 atom stereocenters. The summed E-state index contributed by atoms with van der Waals surface area (Å²) >= 11 is 0. The first-order valence-corrected chi connectivity index (χ1v) is 11.6. The number of nitrogens with zero attached hydrogens (tertiary/aromatic N) is 2. The minimum absolute atomic E-state index is 0.256. The van der Waals surface area contributed by atoms with Crippen LogP contribution in [0.25, 0.3) is 16.9 Å². The topological polar surface area (TPSA) is 64.4 Å². The van der Waals surface area contributed by atoms with E-state index in [0.717, 1.165) is 40.4 Å². The summed E-state index contributed by atoms with van der Waals surface area (Å²) < 4.78 is 7.92. The van der Waals surface area contributed by atoms with Gasteiger partial charge in [-0.1, -0.05) is 12.1 Å². The van der Waals surface area contributed by atoms with Crippen molar-refractivity contribution in [2.24, 2.45) is 17.8 Å². The van der Waals surface area contributed by atoms with Gasteiger partial charge in [-0.25, -0.2) is 9.78 Å². The van der Waals surface area contributed by atoms with Gasteiger partial charge in [-0.05, 0) is 92.0 Å². The zero-order valence-corrected chi connectivity index (χ0v) is 18.3. The van der Waals surface area contributed by atoms with Crippen LogP contribution in [-0.4, -0.2) is 27.7 Å². The van der Waals surface area contributed by atoms with Crippen molar-refractivity contribution >= 4 is 5.97 Å². The molecule has 1 aromatic heterocycles. The zero-order valence-electron chi connectivity index (χ0n) is 18.3. The summed E-state index contributed by atoms with van der Waals surface area (Å²) in [6.07, 6.45) is 12.0. The molecule has 4 aliphatic carbocycles. The second kappa shape index (κ2) is 7.22. The molecule has 1 N–H and O–H groups in total. The first-order chi connectivity index (χ1) is 15.5. The standard InChI is InChI=1S/C27H28N2O3/c1-32-25-7-6-22(11-23(25)27-12-17-8-18(13-27)10-19(9-17)14-27)29-15-24(28-16-29)20-2-4-21(5-3-20)26(30)31/h2-7,11,15-19H,8-10,12-14H2,1H3,(H,30,31). The third-order valence-electron chi connectivity index (χ3n) is 8.10. The molecule has 0 aliphatic heterocycles. The molecule has 0 spiro atoms. The predicted molar refractivity (Wildman–Crippen MR) is 122 cm³/mol. The minimum Gasteiger partial charge on any atom is -0.496 e. The Labute approximate surface area is 188 Å². The molecule has 0 amide bonds. The zero-order chi connectivity index (χ0) is 21.9. The number of benzene rings is 2. The van der Waals surface area contributed by atoms with Crippen molar-refractivity contribution < 1.29 is 14.6 Å². The fourth-order valence-electron chi connectivity index (χ4n) is 7.11. The third-order valence-corrected chi connectivity index (χ3v) is 8.10. The van der Waals surface area contributed by atoms with Crippen LogP contribution in [0.2, 0.25) is 0 Å². The lowest BCUT2D eigenvalue weighted by molar-refractivity contribution is -0.00615. The van der Waals surface area contributed by atoms with Crippen molar-refractivity contribution in [3.63, 3.8) is 0 Å². The molecule has 5 nitrogen and oxygen atoms in total. The number of rotatable bonds is 5. The van der Waals surface area contributed by atoms with E-state index in [4.69, 9.17) is 9.84 Å². The third kappa shape index (κ3) is 3.14. The Morgan fingerprint density at radius 1 is 1.03 bits per heavy atom. The van der Waals surface area contributed by atoms with E-state index in [2.05, 4.69) is 27.8 Å². The fourth-order valence-corrected chi connectivity index (χ4v) is 7.11. The summed E-state index contributed by atoms with van der Waals surface area (Å²) in [7, 11) is 1.79. The van der Waals surface area contributed by atoms with Gasteiger partial charge in [0.05, 0.1) is 24.7 Å². The van der Waals surface area contributed by atoms with Crippen LogP contribution in [-0.2, 0) is 5.41 Å². The molecule has 0 saturated heterocycles. The quantitative estimate of drug-likeness (QED) is 0.565. The van der Waals surface area contributed by atoms with Gasteiger partial charge in [0.2, 0.25) is 0 Å². The van der Waals surface area contributed by atoms with Crippen LogP contribution in [0.1, 0.15) is 54.4 Å². The van der Waals surface area contributed by atoms with Gasteiger partial charge in [0.1, 0.15) is 5.75 Å². The average molecular weight is 429 g/mol. The van der Waals surface area contributed by atoms with Crippen molar-refractivity contribution in [1.82, 2.24) is 9.55 Å². The van der Waals surface area contributed by atoms with E-state index in [9.17, 15) is 4.79 Å². The molecular weight excluding hydrogens is 400 g/mol. The van der Waals surface area contributed by atoms with E-state index in [1.165, 1.54) is 44.1 Å². The van der Waals surface area contributed by atoms with E-state index in [-0.39, 0.29) is 11.0 Å². The lowest BCUT2D eigenvalue weighted by Crippen LogP contribution is -2.48. The van der Waals surface area contributed by atoms with Gasteiger partial charge in [0, 0.05) is 23.0 Å². The van der Waals surface area contributed by atoms with Crippen LogP contribution in [0.15, 0.2) is 55.0 Å². The smallest absolute Gasteiger partial charge is 0.335 e. The number of imidazole rings is 1. The molecule has 32 heavy (non-hydrogen) atoms. The van der Waals surface area contributed by atoms with E-state index >= 15 is 0 Å². The van der Waals surface area contributed by atoms with Crippen molar-refractivity contribution in [3.8, 4) is 22.7 Å². The van der Waals surface area contributed by atoms with Crippen molar-refractivity contribution in [3.05, 3.63) is 66.1 Å². The van der Waals surface area contributed by atoms with Gasteiger partial charge in [-0.15, -0.1) is 0 Å². The summed E-state index contributed by atoms with van der Waals surface area (Å²) in [6.45, 7) is 0. The molecule has 5 heteroatoms. The first-order valence-electron chi connectivity index (χ1n) is 11.6. The number of hydrogen-bond donors (Lipinski definition) is 1. The van der Waals surface area contributed by atoms with E-state index in [0.29, 0.717) is 0 Å². The van der Waals surface area contributed by atoms with E-state index in [1.807, 2.05) is 24.7 Å². The Hall–Kier alpha value is -3.08. The highest BCUT2D eigenvalue weighted by Gasteiger charge is 2.52. The number of carboxylic acid groups (broad SMARTS) is 1. The van der Waals surface area contributed by atoms with Gasteiger partial charge in [-0.2, -0.15) is 0 Å². The monoisotopic (exact) mass is 428 g/mol. The molecule has 4 fully saturated rings. The summed E-state index contributed by atoms with van der Waals surface area (Å²) in [6, 6.07) is 13.4. The Morgan fingerprint density at radius 2 is 1.69 bits per heavy atom. The summed E-state index contributed by atoms with van der Waals surface area (Å²) in [5.41, 5.74) is 4.74. The number of ether oxygens (including phenoxy) is 1. The lowest BCUT2D eigenvalue weighted by atomic mass is 9.48. The SMILES string of the molecule is COc1ccc(-n2cnc(-c3ccc(C(=O)O)cc3)c2)cc1C12CC3CC(CC(C3)C1)C2. The number of methoxy groups -OCH3 is 1. The maximum Gasteiger partial charge on any atom is 0.335 e. The molecule has 4 aliphatic rings. The van der Waals surface area contributed by atoms with Crippen molar-refractivity contribution in [2.45, 2.75) is 43.9 Å². The number of aromatic carboxylic acids is 1.